The predicted octanol–water partition coefficient (Wildman–Crippen LogP) is 4.41. The van der Waals surface area contributed by atoms with E-state index in [-0.39, 0.29) is 11.9 Å². The Morgan fingerprint density at radius 2 is 1.64 bits per heavy atom. The van der Waals surface area contributed by atoms with Crippen molar-refractivity contribution in [2.75, 3.05) is 5.32 Å². The Morgan fingerprint density at radius 1 is 0.929 bits per heavy atom. The molecule has 0 unspecified atom stereocenters. The van der Waals surface area contributed by atoms with Gasteiger partial charge in [0, 0.05) is 11.4 Å². The molecule has 5 heteroatoms. The molecule has 5 nitrogen and oxygen atoms in total. The number of anilines is 1. The van der Waals surface area contributed by atoms with Gasteiger partial charge in [0.25, 0.3) is 5.91 Å². The summed E-state index contributed by atoms with van der Waals surface area (Å²) in [5.74, 6) is -0.239. The van der Waals surface area contributed by atoms with Crippen molar-refractivity contribution >= 4 is 28.4 Å². The summed E-state index contributed by atoms with van der Waals surface area (Å²) in [6, 6.07) is 20.6. The lowest BCUT2D eigenvalue weighted by atomic mass is 9.91. The maximum atomic E-state index is 13.2. The zero-order chi connectivity index (χ0) is 19.7. The highest BCUT2D eigenvalue weighted by molar-refractivity contribution is 6.07. The normalized spacial score (nSPS) is 16.5. The minimum absolute atomic E-state index is 0.239. The van der Waals surface area contributed by atoms with Gasteiger partial charge in [0.05, 0.1) is 11.6 Å². The number of benzene rings is 3. The molecule has 3 N–H and O–H groups in total. The highest BCUT2D eigenvalue weighted by Crippen LogP contribution is 2.32. The molecule has 0 spiro atoms. The van der Waals surface area contributed by atoms with Crippen LogP contribution in [0.15, 0.2) is 78.0 Å². The van der Waals surface area contributed by atoms with E-state index < -0.39 is 6.04 Å². The van der Waals surface area contributed by atoms with E-state index in [0.717, 1.165) is 27.6 Å². The smallest absolute Gasteiger partial charge is 0.319 e. The predicted molar refractivity (Wildman–Crippen MR) is 111 cm³/mol. The zero-order valence-electron chi connectivity index (χ0n) is 15.7. The standard InChI is InChI=1S/C23H21N3O2/c1-14-8-3-6-13-19(14)25-22(27)20-15(2)24-23(28)26-21(20)18-12-7-10-16-9-4-5-11-17(16)18/h3-13,21H,1-2H3,(H,25,27)(H2,24,26,28)/t21-/m0/s1. The topological polar surface area (TPSA) is 70.2 Å². The van der Waals surface area contributed by atoms with Crippen molar-refractivity contribution in [3.63, 3.8) is 0 Å². The van der Waals surface area contributed by atoms with E-state index in [2.05, 4.69) is 16.0 Å². The largest absolute Gasteiger partial charge is 0.327 e. The fourth-order valence-corrected chi connectivity index (χ4v) is 3.63. The molecule has 3 aromatic carbocycles. The van der Waals surface area contributed by atoms with Crippen LogP contribution in [-0.4, -0.2) is 11.9 Å². The van der Waals surface area contributed by atoms with E-state index in [9.17, 15) is 9.59 Å². The van der Waals surface area contributed by atoms with Crippen molar-refractivity contribution in [3.8, 4) is 0 Å². The second-order valence-corrected chi connectivity index (χ2v) is 6.91. The van der Waals surface area contributed by atoms with Crippen molar-refractivity contribution in [1.29, 1.82) is 0 Å². The Kier molecular flexibility index (Phi) is 4.57. The molecule has 28 heavy (non-hydrogen) atoms. The molecule has 0 aromatic heterocycles. The number of amides is 3. The lowest BCUT2D eigenvalue weighted by molar-refractivity contribution is -0.113. The van der Waals surface area contributed by atoms with E-state index in [1.165, 1.54) is 0 Å². The fourth-order valence-electron chi connectivity index (χ4n) is 3.63. The van der Waals surface area contributed by atoms with Gasteiger partial charge in [-0.05, 0) is 41.8 Å². The number of aryl methyl sites for hydroxylation is 1. The number of hydrogen-bond acceptors (Lipinski definition) is 2. The third-order valence-corrected chi connectivity index (χ3v) is 5.04. The Labute approximate surface area is 163 Å². The summed E-state index contributed by atoms with van der Waals surface area (Å²) in [4.78, 5) is 25.4. The van der Waals surface area contributed by atoms with Crippen molar-refractivity contribution in [2.24, 2.45) is 0 Å². The zero-order valence-corrected chi connectivity index (χ0v) is 15.7. The van der Waals surface area contributed by atoms with Crippen molar-refractivity contribution in [3.05, 3.63) is 89.1 Å². The molecule has 140 valence electrons. The van der Waals surface area contributed by atoms with Crippen LogP contribution in [0.5, 0.6) is 0 Å². The molecule has 3 aromatic rings. The molecule has 4 rings (SSSR count). The van der Waals surface area contributed by atoms with Crippen LogP contribution in [0.2, 0.25) is 0 Å². The fraction of sp³-hybridized carbons (Fsp3) is 0.130. The molecular weight excluding hydrogens is 350 g/mol. The summed E-state index contributed by atoms with van der Waals surface area (Å²) in [5, 5.41) is 10.7. The van der Waals surface area contributed by atoms with E-state index in [1.807, 2.05) is 73.7 Å². The lowest BCUT2D eigenvalue weighted by Gasteiger charge is -2.29. The van der Waals surface area contributed by atoms with Gasteiger partial charge in [-0.2, -0.15) is 0 Å². The van der Waals surface area contributed by atoms with Gasteiger partial charge < -0.3 is 16.0 Å². The highest BCUT2D eigenvalue weighted by atomic mass is 16.2. The van der Waals surface area contributed by atoms with Crippen LogP contribution in [0.1, 0.15) is 24.1 Å². The second kappa shape index (κ2) is 7.19. The molecule has 1 aliphatic rings. The van der Waals surface area contributed by atoms with Gasteiger partial charge in [0.2, 0.25) is 0 Å². The van der Waals surface area contributed by atoms with Crippen molar-refractivity contribution < 1.29 is 9.59 Å². The number of rotatable bonds is 3. The van der Waals surface area contributed by atoms with Crippen LogP contribution in [0.25, 0.3) is 10.8 Å². The molecule has 0 bridgehead atoms. The first-order valence-corrected chi connectivity index (χ1v) is 9.17. The monoisotopic (exact) mass is 371 g/mol. The van der Waals surface area contributed by atoms with Crippen LogP contribution in [0.4, 0.5) is 10.5 Å². The summed E-state index contributed by atoms with van der Waals surface area (Å²) in [7, 11) is 0. The molecule has 0 saturated heterocycles. The number of hydrogen-bond donors (Lipinski definition) is 3. The molecule has 0 saturated carbocycles. The summed E-state index contributed by atoms with van der Waals surface area (Å²) >= 11 is 0. The summed E-state index contributed by atoms with van der Waals surface area (Å²) < 4.78 is 0. The van der Waals surface area contributed by atoms with Crippen LogP contribution >= 0.6 is 0 Å². The van der Waals surface area contributed by atoms with Crippen LogP contribution in [-0.2, 0) is 4.79 Å². The minimum atomic E-state index is -0.538. The molecule has 0 radical (unpaired) electrons. The molecular formula is C23H21N3O2. The summed E-state index contributed by atoms with van der Waals surface area (Å²) in [5.41, 5.74) is 3.67. The van der Waals surface area contributed by atoms with Crippen LogP contribution < -0.4 is 16.0 Å². The van der Waals surface area contributed by atoms with E-state index in [4.69, 9.17) is 0 Å². The van der Waals surface area contributed by atoms with Crippen molar-refractivity contribution in [1.82, 2.24) is 10.6 Å². The number of fused-ring (bicyclic) bond motifs is 1. The number of nitrogens with one attached hydrogen (secondary N) is 3. The molecule has 1 atom stereocenters. The molecule has 0 fully saturated rings. The van der Waals surface area contributed by atoms with Gasteiger partial charge in [-0.25, -0.2) is 4.79 Å². The first-order chi connectivity index (χ1) is 13.5. The number of urea groups is 1. The molecule has 3 amide bonds. The Morgan fingerprint density at radius 3 is 2.46 bits per heavy atom. The van der Waals surface area contributed by atoms with E-state index in [0.29, 0.717) is 11.3 Å². The SMILES string of the molecule is CC1=C(C(=O)Nc2ccccc2C)[C@H](c2cccc3ccccc23)NC(=O)N1. The number of carbonyl (C=O) groups excluding carboxylic acids is 2. The second-order valence-electron chi connectivity index (χ2n) is 6.91. The highest BCUT2D eigenvalue weighted by Gasteiger charge is 2.32. The molecule has 1 aliphatic heterocycles. The van der Waals surface area contributed by atoms with Gasteiger partial charge in [0.15, 0.2) is 0 Å². The Hall–Kier alpha value is -3.60. The Balaban J connectivity index is 1.79. The maximum absolute atomic E-state index is 13.2. The quantitative estimate of drug-likeness (QED) is 0.638. The summed E-state index contributed by atoms with van der Waals surface area (Å²) in [6.45, 7) is 3.70. The molecule has 0 aliphatic carbocycles. The minimum Gasteiger partial charge on any atom is -0.327 e. The van der Waals surface area contributed by atoms with Gasteiger partial charge in [-0.1, -0.05) is 60.7 Å². The van der Waals surface area contributed by atoms with E-state index >= 15 is 0 Å². The number of allylic oxidation sites excluding steroid dienone is 1. The Bertz CT molecular complexity index is 1110. The molecule has 1 heterocycles. The van der Waals surface area contributed by atoms with Gasteiger partial charge in [-0.15, -0.1) is 0 Å². The van der Waals surface area contributed by atoms with Crippen LogP contribution in [0.3, 0.4) is 0 Å². The van der Waals surface area contributed by atoms with Gasteiger partial charge in [-0.3, -0.25) is 4.79 Å². The first-order valence-electron chi connectivity index (χ1n) is 9.17. The maximum Gasteiger partial charge on any atom is 0.319 e. The third-order valence-electron chi connectivity index (χ3n) is 5.04. The van der Waals surface area contributed by atoms with Gasteiger partial charge >= 0.3 is 6.03 Å². The first kappa shape index (κ1) is 17.8. The van der Waals surface area contributed by atoms with Crippen LogP contribution in [0, 0.1) is 6.92 Å². The number of para-hydroxylation sites is 1. The third kappa shape index (κ3) is 3.22. The van der Waals surface area contributed by atoms with Crippen molar-refractivity contribution in [2.45, 2.75) is 19.9 Å². The van der Waals surface area contributed by atoms with E-state index in [1.54, 1.807) is 6.92 Å². The van der Waals surface area contributed by atoms with Gasteiger partial charge in [0.1, 0.15) is 0 Å². The average Bonchev–Trinajstić information content (AvgIpc) is 2.68. The average molecular weight is 371 g/mol. The number of carbonyl (C=O) groups is 2. The summed E-state index contributed by atoms with van der Waals surface area (Å²) in [6.07, 6.45) is 0. The lowest BCUT2D eigenvalue weighted by Crippen LogP contribution is -2.46.